The first-order chi connectivity index (χ1) is 16.8. The van der Waals surface area contributed by atoms with Gasteiger partial charge in [0.25, 0.3) is 0 Å². The van der Waals surface area contributed by atoms with Crippen molar-refractivity contribution in [1.29, 1.82) is 0 Å². The predicted molar refractivity (Wildman–Crippen MR) is 126 cm³/mol. The average Bonchev–Trinajstić information content (AvgIpc) is 3.25. The van der Waals surface area contributed by atoms with Gasteiger partial charge in [-0.25, -0.2) is 9.97 Å². The summed E-state index contributed by atoms with van der Waals surface area (Å²) in [6, 6.07) is 11.5. The second-order valence-electron chi connectivity index (χ2n) is 7.58. The van der Waals surface area contributed by atoms with E-state index in [-0.39, 0.29) is 29.7 Å². The quantitative estimate of drug-likeness (QED) is 0.295. The van der Waals surface area contributed by atoms with Crippen molar-refractivity contribution in [3.63, 3.8) is 0 Å². The molecular weight excluding hydrogens is 485 g/mol. The number of halogens is 4. The van der Waals surface area contributed by atoms with Gasteiger partial charge in [0.15, 0.2) is 5.82 Å². The fourth-order valence-corrected chi connectivity index (χ4v) is 3.76. The molecule has 0 bridgehead atoms. The van der Waals surface area contributed by atoms with Crippen LogP contribution in [0.3, 0.4) is 0 Å². The third kappa shape index (κ3) is 5.67. The predicted octanol–water partition coefficient (Wildman–Crippen LogP) is 5.67. The topological polar surface area (TPSA) is 72.6 Å². The van der Waals surface area contributed by atoms with Gasteiger partial charge < -0.3 is 24.0 Å². The molecule has 2 aromatic carbocycles. The van der Waals surface area contributed by atoms with Crippen LogP contribution in [-0.2, 0) is 17.5 Å². The number of nitrogens with zero attached hydrogens (tertiary/aromatic N) is 4. The number of alkyl halides is 3. The van der Waals surface area contributed by atoms with E-state index in [4.69, 9.17) is 26.2 Å². The van der Waals surface area contributed by atoms with Gasteiger partial charge in [0.05, 0.1) is 35.9 Å². The Bertz CT molecular complexity index is 1310. The molecule has 0 aliphatic rings. The van der Waals surface area contributed by atoms with E-state index in [0.717, 1.165) is 23.2 Å². The zero-order valence-corrected chi connectivity index (χ0v) is 19.4. The van der Waals surface area contributed by atoms with Gasteiger partial charge in [-0.05, 0) is 42.5 Å². The number of benzene rings is 2. The molecule has 0 aliphatic heterocycles. The smallest absolute Gasteiger partial charge is 0.416 e. The van der Waals surface area contributed by atoms with Gasteiger partial charge >= 0.3 is 6.18 Å². The maximum absolute atomic E-state index is 13.0. The van der Waals surface area contributed by atoms with E-state index in [0.29, 0.717) is 24.7 Å². The Balaban J connectivity index is 1.58. The number of hydrogen-bond acceptors (Lipinski definition) is 6. The highest BCUT2D eigenvalue weighted by atomic mass is 35.5. The number of anilines is 2. The van der Waals surface area contributed by atoms with Crippen LogP contribution in [0, 0.1) is 0 Å². The summed E-state index contributed by atoms with van der Waals surface area (Å²) in [7, 11) is 1.82. The summed E-state index contributed by atoms with van der Waals surface area (Å²) in [5, 5.41) is 9.11. The van der Waals surface area contributed by atoms with E-state index in [9.17, 15) is 13.2 Å². The fourth-order valence-electron chi connectivity index (χ4n) is 3.54. The molecule has 0 radical (unpaired) electrons. The highest BCUT2D eigenvalue weighted by Gasteiger charge is 2.30. The molecule has 0 unspecified atom stereocenters. The summed E-state index contributed by atoms with van der Waals surface area (Å²) >= 11 is 6.42. The largest absolute Gasteiger partial charge is 0.456 e. The standard InChI is InChI=1S/C24H22ClF3N4O3/c1-31(23-22-20(29-15-30-23)7-8-32(22)9-11-34-12-10-33)17-5-6-21(19(25)14-17)35-18-4-2-3-16(13-18)24(26,27)28/h2-8,13-15,33H,9-12H2,1H3. The van der Waals surface area contributed by atoms with Gasteiger partial charge in [0, 0.05) is 25.5 Å². The lowest BCUT2D eigenvalue weighted by Gasteiger charge is -2.21. The molecule has 184 valence electrons. The van der Waals surface area contributed by atoms with Crippen LogP contribution in [0.1, 0.15) is 5.56 Å². The Morgan fingerprint density at radius 2 is 1.91 bits per heavy atom. The first kappa shape index (κ1) is 24.8. The fraction of sp³-hybridized carbons (Fsp3) is 0.250. The maximum Gasteiger partial charge on any atom is 0.416 e. The van der Waals surface area contributed by atoms with Crippen molar-refractivity contribution >= 4 is 34.1 Å². The van der Waals surface area contributed by atoms with Crippen LogP contribution in [-0.4, -0.2) is 46.5 Å². The van der Waals surface area contributed by atoms with Crippen LogP contribution < -0.4 is 9.64 Å². The molecule has 2 heterocycles. The molecule has 0 spiro atoms. The number of aromatic nitrogens is 3. The maximum atomic E-state index is 13.0. The lowest BCUT2D eigenvalue weighted by molar-refractivity contribution is -0.137. The molecule has 11 heteroatoms. The van der Waals surface area contributed by atoms with Gasteiger partial charge in [-0.2, -0.15) is 13.2 Å². The number of ether oxygens (including phenoxy) is 2. The summed E-state index contributed by atoms with van der Waals surface area (Å²) < 4.78 is 51.9. The van der Waals surface area contributed by atoms with Crippen LogP contribution in [0.5, 0.6) is 11.5 Å². The van der Waals surface area contributed by atoms with Crippen LogP contribution in [0.15, 0.2) is 61.1 Å². The molecule has 0 saturated heterocycles. The Kier molecular flexibility index (Phi) is 7.44. The van der Waals surface area contributed by atoms with E-state index in [1.807, 2.05) is 28.8 Å². The van der Waals surface area contributed by atoms with E-state index in [1.54, 1.807) is 18.2 Å². The average molecular weight is 507 g/mol. The molecule has 0 saturated carbocycles. The number of aliphatic hydroxyl groups excluding tert-OH is 1. The third-order valence-electron chi connectivity index (χ3n) is 5.25. The zero-order chi connectivity index (χ0) is 25.0. The minimum Gasteiger partial charge on any atom is -0.456 e. The Labute approximate surface area is 204 Å². The lowest BCUT2D eigenvalue weighted by atomic mass is 10.2. The van der Waals surface area contributed by atoms with E-state index < -0.39 is 11.7 Å². The molecule has 2 aromatic heterocycles. The summed E-state index contributed by atoms with van der Waals surface area (Å²) in [6.45, 7) is 1.17. The Hall–Kier alpha value is -3.34. The van der Waals surface area contributed by atoms with Crippen LogP contribution in [0.4, 0.5) is 24.7 Å². The third-order valence-corrected chi connectivity index (χ3v) is 5.55. The molecule has 4 aromatic rings. The van der Waals surface area contributed by atoms with Gasteiger partial charge in [-0.3, -0.25) is 0 Å². The minimum atomic E-state index is -4.47. The van der Waals surface area contributed by atoms with Crippen LogP contribution in [0.2, 0.25) is 5.02 Å². The van der Waals surface area contributed by atoms with Gasteiger partial charge in [-0.15, -0.1) is 0 Å². The Morgan fingerprint density at radius 3 is 2.66 bits per heavy atom. The van der Waals surface area contributed by atoms with Gasteiger partial charge in [-0.1, -0.05) is 17.7 Å². The molecule has 0 fully saturated rings. The van der Waals surface area contributed by atoms with Crippen molar-refractivity contribution < 1.29 is 27.8 Å². The first-order valence-corrected chi connectivity index (χ1v) is 11.0. The first-order valence-electron chi connectivity index (χ1n) is 10.6. The normalized spacial score (nSPS) is 11.7. The molecule has 4 rings (SSSR count). The molecule has 0 amide bonds. The second-order valence-corrected chi connectivity index (χ2v) is 7.98. The second kappa shape index (κ2) is 10.5. The molecular formula is C24H22ClF3N4O3. The summed E-state index contributed by atoms with van der Waals surface area (Å²) in [4.78, 5) is 10.6. The van der Waals surface area contributed by atoms with Crippen molar-refractivity contribution in [2.24, 2.45) is 0 Å². The van der Waals surface area contributed by atoms with E-state index in [2.05, 4.69) is 9.97 Å². The number of rotatable bonds is 9. The minimum absolute atomic E-state index is 0.0292. The molecule has 7 nitrogen and oxygen atoms in total. The SMILES string of the molecule is CN(c1ccc(Oc2cccc(C(F)(F)F)c2)c(Cl)c1)c1ncnc2ccn(CCOCCO)c12. The van der Waals surface area contributed by atoms with Crippen LogP contribution >= 0.6 is 11.6 Å². The lowest BCUT2D eigenvalue weighted by Crippen LogP contribution is -2.14. The highest BCUT2D eigenvalue weighted by Crippen LogP contribution is 2.37. The number of fused-ring (bicyclic) bond motifs is 1. The summed E-state index contributed by atoms with van der Waals surface area (Å²) in [5.74, 6) is 0.881. The monoisotopic (exact) mass is 506 g/mol. The van der Waals surface area contributed by atoms with E-state index in [1.165, 1.54) is 18.5 Å². The van der Waals surface area contributed by atoms with Crippen molar-refractivity contribution in [2.45, 2.75) is 12.7 Å². The van der Waals surface area contributed by atoms with Crippen molar-refractivity contribution in [3.05, 3.63) is 71.6 Å². The van der Waals surface area contributed by atoms with E-state index >= 15 is 0 Å². The Morgan fingerprint density at radius 1 is 1.09 bits per heavy atom. The highest BCUT2D eigenvalue weighted by molar-refractivity contribution is 6.32. The number of hydrogen-bond donors (Lipinski definition) is 1. The summed E-state index contributed by atoms with van der Waals surface area (Å²) in [6.07, 6.45) is -1.12. The number of aliphatic hydroxyl groups is 1. The zero-order valence-electron chi connectivity index (χ0n) is 18.7. The van der Waals surface area contributed by atoms with Crippen molar-refractivity contribution in [2.75, 3.05) is 31.8 Å². The van der Waals surface area contributed by atoms with Crippen LogP contribution in [0.25, 0.3) is 11.0 Å². The van der Waals surface area contributed by atoms with Crippen molar-refractivity contribution in [3.8, 4) is 11.5 Å². The van der Waals surface area contributed by atoms with Gasteiger partial charge in [0.1, 0.15) is 23.3 Å². The molecule has 35 heavy (non-hydrogen) atoms. The molecule has 0 aliphatic carbocycles. The summed E-state index contributed by atoms with van der Waals surface area (Å²) in [5.41, 5.74) is 1.43. The molecule has 1 N–H and O–H groups in total. The molecule has 0 atom stereocenters. The van der Waals surface area contributed by atoms with Gasteiger partial charge in [0.2, 0.25) is 0 Å². The van der Waals surface area contributed by atoms with Crippen molar-refractivity contribution in [1.82, 2.24) is 14.5 Å².